The van der Waals surface area contributed by atoms with E-state index in [0.717, 1.165) is 0 Å². The summed E-state index contributed by atoms with van der Waals surface area (Å²) in [6, 6.07) is 13.4. The fourth-order valence-electron chi connectivity index (χ4n) is 2.28. The molecule has 1 heteroatoms. The normalized spacial score (nSPS) is 9.88. The van der Waals surface area contributed by atoms with Crippen LogP contribution in [0.15, 0.2) is 36.4 Å². The van der Waals surface area contributed by atoms with Gasteiger partial charge in [-0.1, -0.05) is 58.7 Å². The zero-order valence-electron chi connectivity index (χ0n) is 11.0. The van der Waals surface area contributed by atoms with E-state index in [1.807, 2.05) is 0 Å². The lowest BCUT2D eigenvalue weighted by molar-refractivity contribution is 0.824. The first-order valence-electron chi connectivity index (χ1n) is 5.71. The van der Waals surface area contributed by atoms with E-state index < -0.39 is 0 Å². The first kappa shape index (κ1) is 13.5. The summed E-state index contributed by atoms with van der Waals surface area (Å²) >= 11 is 0. The standard InChI is InChI=1S/C16H18.H2O/c1-11-5-12(2)8-15(7-11)16-9-13(3)6-14(4)10-16;/h5-10H,1-4H3;1H2. The average Bonchev–Trinajstić information content (AvgIpc) is 2.14. The van der Waals surface area contributed by atoms with Crippen molar-refractivity contribution in [2.75, 3.05) is 0 Å². The van der Waals surface area contributed by atoms with Crippen molar-refractivity contribution < 1.29 is 5.48 Å². The molecule has 90 valence electrons. The highest BCUT2D eigenvalue weighted by Crippen LogP contribution is 2.24. The molecule has 0 aliphatic rings. The second-order valence-electron chi connectivity index (χ2n) is 4.75. The molecule has 0 aliphatic heterocycles. The van der Waals surface area contributed by atoms with Gasteiger partial charge in [0.1, 0.15) is 0 Å². The molecule has 0 spiro atoms. The van der Waals surface area contributed by atoms with Gasteiger partial charge in [0.15, 0.2) is 0 Å². The van der Waals surface area contributed by atoms with Crippen molar-refractivity contribution in [3.63, 3.8) is 0 Å². The van der Waals surface area contributed by atoms with Crippen LogP contribution < -0.4 is 0 Å². The van der Waals surface area contributed by atoms with Gasteiger partial charge in [0, 0.05) is 0 Å². The number of aryl methyl sites for hydroxylation is 4. The van der Waals surface area contributed by atoms with Crippen LogP contribution in [0.3, 0.4) is 0 Å². The van der Waals surface area contributed by atoms with Crippen molar-refractivity contribution >= 4 is 0 Å². The van der Waals surface area contributed by atoms with Gasteiger partial charge in [-0.25, -0.2) is 0 Å². The Morgan fingerprint density at radius 1 is 0.471 bits per heavy atom. The minimum absolute atomic E-state index is 0. The molecule has 2 aromatic carbocycles. The third-order valence-corrected chi connectivity index (χ3v) is 2.78. The fraction of sp³-hybridized carbons (Fsp3) is 0.250. The Morgan fingerprint density at radius 2 is 0.706 bits per heavy atom. The smallest absolute Gasteiger partial charge is 0.0179 e. The van der Waals surface area contributed by atoms with Gasteiger partial charge >= 0.3 is 0 Å². The van der Waals surface area contributed by atoms with E-state index >= 15 is 0 Å². The molecule has 0 atom stereocenters. The molecular formula is C16H20O. The van der Waals surface area contributed by atoms with E-state index in [2.05, 4.69) is 64.1 Å². The lowest BCUT2D eigenvalue weighted by atomic mass is 9.98. The Balaban J connectivity index is 0.00000144. The highest BCUT2D eigenvalue weighted by molar-refractivity contribution is 5.66. The van der Waals surface area contributed by atoms with Gasteiger partial charge < -0.3 is 5.48 Å². The van der Waals surface area contributed by atoms with E-state index in [-0.39, 0.29) is 5.48 Å². The Morgan fingerprint density at radius 3 is 0.941 bits per heavy atom. The number of hydrogen-bond acceptors (Lipinski definition) is 0. The summed E-state index contributed by atoms with van der Waals surface area (Å²) in [6.07, 6.45) is 0. The molecule has 1 nitrogen and oxygen atoms in total. The van der Waals surface area contributed by atoms with Crippen LogP contribution in [0.2, 0.25) is 0 Å². The Labute approximate surface area is 103 Å². The Hall–Kier alpha value is -1.60. The highest BCUT2D eigenvalue weighted by Gasteiger charge is 2.01. The topological polar surface area (TPSA) is 31.5 Å². The molecule has 2 aromatic rings. The second kappa shape index (κ2) is 5.15. The molecule has 0 unspecified atom stereocenters. The maximum absolute atomic E-state index is 2.25. The lowest BCUT2D eigenvalue weighted by Gasteiger charge is -2.07. The van der Waals surface area contributed by atoms with Crippen molar-refractivity contribution in [2.45, 2.75) is 27.7 Å². The second-order valence-corrected chi connectivity index (χ2v) is 4.75. The SMILES string of the molecule is Cc1cc(C)cc(-c2cc(C)cc(C)c2)c1.O. The number of rotatable bonds is 1. The third-order valence-electron chi connectivity index (χ3n) is 2.78. The first-order chi connectivity index (χ1) is 7.54. The van der Waals surface area contributed by atoms with Gasteiger partial charge in [-0.05, 0) is 38.8 Å². The minimum Gasteiger partial charge on any atom is -0.412 e. The third kappa shape index (κ3) is 3.18. The lowest BCUT2D eigenvalue weighted by Crippen LogP contribution is -1.85. The zero-order valence-corrected chi connectivity index (χ0v) is 11.0. The van der Waals surface area contributed by atoms with Crippen molar-refractivity contribution in [1.82, 2.24) is 0 Å². The summed E-state index contributed by atoms with van der Waals surface area (Å²) in [5.74, 6) is 0. The Bertz CT molecular complexity index is 437. The number of hydrogen-bond donors (Lipinski definition) is 0. The van der Waals surface area contributed by atoms with Crippen LogP contribution in [-0.4, -0.2) is 5.48 Å². The predicted octanol–water partition coefficient (Wildman–Crippen LogP) is 3.76. The monoisotopic (exact) mass is 228 g/mol. The molecule has 0 aliphatic carbocycles. The van der Waals surface area contributed by atoms with E-state index in [1.165, 1.54) is 33.4 Å². The fourth-order valence-corrected chi connectivity index (χ4v) is 2.28. The Kier molecular flexibility index (Phi) is 4.08. The molecule has 0 saturated heterocycles. The number of benzene rings is 2. The van der Waals surface area contributed by atoms with E-state index in [9.17, 15) is 0 Å². The molecule has 0 saturated carbocycles. The zero-order chi connectivity index (χ0) is 11.7. The molecule has 0 fully saturated rings. The maximum atomic E-state index is 2.25. The summed E-state index contributed by atoms with van der Waals surface area (Å²) < 4.78 is 0. The summed E-state index contributed by atoms with van der Waals surface area (Å²) in [5, 5.41) is 0. The van der Waals surface area contributed by atoms with Crippen LogP contribution in [0.4, 0.5) is 0 Å². The largest absolute Gasteiger partial charge is 0.412 e. The van der Waals surface area contributed by atoms with E-state index in [4.69, 9.17) is 0 Å². The van der Waals surface area contributed by atoms with Crippen LogP contribution in [0.5, 0.6) is 0 Å². The molecule has 0 amide bonds. The van der Waals surface area contributed by atoms with Gasteiger partial charge in [-0.3, -0.25) is 0 Å². The molecule has 17 heavy (non-hydrogen) atoms. The van der Waals surface area contributed by atoms with Gasteiger partial charge in [-0.2, -0.15) is 0 Å². The van der Waals surface area contributed by atoms with Gasteiger partial charge in [0.2, 0.25) is 0 Å². The summed E-state index contributed by atoms with van der Waals surface area (Å²) in [4.78, 5) is 0. The molecule has 0 radical (unpaired) electrons. The summed E-state index contributed by atoms with van der Waals surface area (Å²) in [6.45, 7) is 8.61. The van der Waals surface area contributed by atoms with Gasteiger partial charge in [0.25, 0.3) is 0 Å². The quantitative estimate of drug-likeness (QED) is 0.711. The molecule has 2 rings (SSSR count). The van der Waals surface area contributed by atoms with Gasteiger partial charge in [-0.15, -0.1) is 0 Å². The summed E-state index contributed by atoms with van der Waals surface area (Å²) in [5.41, 5.74) is 7.96. The molecule has 0 heterocycles. The maximum Gasteiger partial charge on any atom is -0.0179 e. The van der Waals surface area contributed by atoms with E-state index in [1.54, 1.807) is 0 Å². The van der Waals surface area contributed by atoms with Gasteiger partial charge in [0.05, 0.1) is 0 Å². The predicted molar refractivity (Wildman–Crippen MR) is 74.4 cm³/mol. The van der Waals surface area contributed by atoms with Crippen LogP contribution in [-0.2, 0) is 0 Å². The van der Waals surface area contributed by atoms with Crippen LogP contribution in [0.25, 0.3) is 11.1 Å². The van der Waals surface area contributed by atoms with E-state index in [0.29, 0.717) is 0 Å². The molecule has 2 N–H and O–H groups in total. The molecule has 0 aromatic heterocycles. The van der Waals surface area contributed by atoms with Crippen molar-refractivity contribution in [3.8, 4) is 11.1 Å². The molecule has 0 bridgehead atoms. The summed E-state index contributed by atoms with van der Waals surface area (Å²) in [7, 11) is 0. The average molecular weight is 228 g/mol. The molecular weight excluding hydrogens is 208 g/mol. The first-order valence-corrected chi connectivity index (χ1v) is 5.71. The van der Waals surface area contributed by atoms with Crippen LogP contribution in [0.1, 0.15) is 22.3 Å². The van der Waals surface area contributed by atoms with Crippen molar-refractivity contribution in [3.05, 3.63) is 58.7 Å². The van der Waals surface area contributed by atoms with Crippen LogP contribution in [0, 0.1) is 27.7 Å². The minimum atomic E-state index is 0. The highest BCUT2D eigenvalue weighted by atomic mass is 16.0. The van der Waals surface area contributed by atoms with Crippen molar-refractivity contribution in [1.29, 1.82) is 0 Å². The van der Waals surface area contributed by atoms with Crippen molar-refractivity contribution in [2.24, 2.45) is 0 Å². The van der Waals surface area contributed by atoms with Crippen LogP contribution >= 0.6 is 0 Å².